The van der Waals surface area contributed by atoms with Crippen molar-refractivity contribution in [2.45, 2.75) is 19.4 Å². The van der Waals surface area contributed by atoms with Crippen LogP contribution >= 0.6 is 31.9 Å². The summed E-state index contributed by atoms with van der Waals surface area (Å²) >= 11 is 6.96. The van der Waals surface area contributed by atoms with E-state index >= 15 is 0 Å². The summed E-state index contributed by atoms with van der Waals surface area (Å²) in [5, 5.41) is 3.37. The molecule has 0 amide bonds. The summed E-state index contributed by atoms with van der Waals surface area (Å²) < 4.78 is 21.0. The molecule has 0 bridgehead atoms. The molecule has 21 heavy (non-hydrogen) atoms. The zero-order valence-corrected chi connectivity index (χ0v) is 15.0. The molecule has 0 spiro atoms. The van der Waals surface area contributed by atoms with Gasteiger partial charge < -0.3 is 10.1 Å². The first-order valence-corrected chi connectivity index (χ1v) is 8.19. The van der Waals surface area contributed by atoms with Crippen LogP contribution in [0.15, 0.2) is 45.3 Å². The molecule has 1 unspecified atom stereocenters. The number of halogens is 3. The van der Waals surface area contributed by atoms with Gasteiger partial charge in [-0.05, 0) is 50.4 Å². The van der Waals surface area contributed by atoms with Crippen LogP contribution in [0.2, 0.25) is 0 Å². The van der Waals surface area contributed by atoms with Gasteiger partial charge in [-0.1, -0.05) is 25.1 Å². The third kappa shape index (κ3) is 3.77. The van der Waals surface area contributed by atoms with Crippen molar-refractivity contribution in [2.24, 2.45) is 0 Å². The minimum absolute atomic E-state index is 0.103. The van der Waals surface area contributed by atoms with Crippen LogP contribution < -0.4 is 10.1 Å². The molecule has 0 aromatic heterocycles. The number of anilines is 1. The molecule has 2 aromatic carbocycles. The third-order valence-corrected chi connectivity index (χ3v) is 4.54. The first-order valence-electron chi connectivity index (χ1n) is 6.60. The molecular formula is C16H16Br2FNO. The minimum Gasteiger partial charge on any atom is -0.495 e. The molecule has 2 nitrogen and oxygen atoms in total. The highest BCUT2D eigenvalue weighted by atomic mass is 79.9. The molecule has 0 radical (unpaired) electrons. The highest BCUT2D eigenvalue weighted by Gasteiger charge is 2.16. The topological polar surface area (TPSA) is 21.3 Å². The molecule has 1 atom stereocenters. The van der Waals surface area contributed by atoms with Gasteiger partial charge in [0.25, 0.3) is 0 Å². The summed E-state index contributed by atoms with van der Waals surface area (Å²) in [4.78, 5) is 0. The standard InChI is InChI=1S/C16H16Br2FNO/c1-3-14(10-6-4-5-7-13(10)19)20-15-9-16(21-2)12(18)8-11(15)17/h4-9,14,20H,3H2,1-2H3. The Bertz CT molecular complexity index is 634. The van der Waals surface area contributed by atoms with Crippen molar-refractivity contribution in [1.29, 1.82) is 0 Å². The molecule has 0 fully saturated rings. The van der Waals surface area contributed by atoms with E-state index in [4.69, 9.17) is 4.74 Å². The summed E-state index contributed by atoms with van der Waals surface area (Å²) in [5.41, 5.74) is 1.53. The maximum atomic E-state index is 14.0. The highest BCUT2D eigenvalue weighted by Crippen LogP contribution is 2.36. The van der Waals surface area contributed by atoms with Gasteiger partial charge in [0.15, 0.2) is 0 Å². The Morgan fingerprint density at radius 2 is 1.90 bits per heavy atom. The van der Waals surface area contributed by atoms with Crippen molar-refractivity contribution in [2.75, 3.05) is 12.4 Å². The van der Waals surface area contributed by atoms with E-state index in [0.29, 0.717) is 5.56 Å². The molecule has 0 aliphatic rings. The molecule has 0 aliphatic carbocycles. The molecular weight excluding hydrogens is 401 g/mol. The van der Waals surface area contributed by atoms with Crippen molar-refractivity contribution >= 4 is 37.5 Å². The average molecular weight is 417 g/mol. The predicted octanol–water partition coefficient (Wildman–Crippen LogP) is 5.92. The largest absolute Gasteiger partial charge is 0.495 e. The van der Waals surface area contributed by atoms with Crippen LogP contribution in [0.5, 0.6) is 5.75 Å². The number of rotatable bonds is 5. The van der Waals surface area contributed by atoms with Crippen LogP contribution in [-0.2, 0) is 0 Å². The lowest BCUT2D eigenvalue weighted by atomic mass is 10.0. The molecule has 5 heteroatoms. The van der Waals surface area contributed by atoms with Gasteiger partial charge in [-0.2, -0.15) is 0 Å². The lowest BCUT2D eigenvalue weighted by Gasteiger charge is -2.21. The summed E-state index contributed by atoms with van der Waals surface area (Å²) in [6, 6.07) is 10.5. The van der Waals surface area contributed by atoms with Gasteiger partial charge in [-0.25, -0.2) is 4.39 Å². The smallest absolute Gasteiger partial charge is 0.135 e. The maximum Gasteiger partial charge on any atom is 0.135 e. The van der Waals surface area contributed by atoms with E-state index in [9.17, 15) is 4.39 Å². The van der Waals surface area contributed by atoms with E-state index in [2.05, 4.69) is 37.2 Å². The fraction of sp³-hybridized carbons (Fsp3) is 0.250. The fourth-order valence-corrected chi connectivity index (χ4v) is 3.41. The van der Waals surface area contributed by atoms with E-state index in [1.165, 1.54) is 6.07 Å². The monoisotopic (exact) mass is 415 g/mol. The van der Waals surface area contributed by atoms with Gasteiger partial charge in [0.05, 0.1) is 23.3 Å². The zero-order chi connectivity index (χ0) is 15.4. The van der Waals surface area contributed by atoms with Crippen LogP contribution in [0.25, 0.3) is 0 Å². The van der Waals surface area contributed by atoms with Crippen LogP contribution in [0.1, 0.15) is 24.9 Å². The van der Waals surface area contributed by atoms with Crippen molar-refractivity contribution in [3.05, 3.63) is 56.7 Å². The lowest BCUT2D eigenvalue weighted by molar-refractivity contribution is 0.412. The molecule has 0 heterocycles. The Hall–Kier alpha value is -1.07. The number of benzene rings is 2. The van der Waals surface area contributed by atoms with Crippen molar-refractivity contribution in [1.82, 2.24) is 0 Å². The van der Waals surface area contributed by atoms with Crippen LogP contribution in [0.3, 0.4) is 0 Å². The van der Waals surface area contributed by atoms with E-state index in [-0.39, 0.29) is 11.9 Å². The first-order chi connectivity index (χ1) is 10.1. The van der Waals surface area contributed by atoms with E-state index in [1.807, 2.05) is 25.1 Å². The summed E-state index contributed by atoms with van der Waals surface area (Å²) in [7, 11) is 1.62. The number of methoxy groups -OCH3 is 1. The predicted molar refractivity (Wildman–Crippen MR) is 91.4 cm³/mol. The fourth-order valence-electron chi connectivity index (χ4n) is 2.14. The van der Waals surface area contributed by atoms with Crippen LogP contribution in [0.4, 0.5) is 10.1 Å². The number of hydrogen-bond donors (Lipinski definition) is 1. The van der Waals surface area contributed by atoms with E-state index in [0.717, 1.165) is 26.8 Å². The summed E-state index contributed by atoms with van der Waals surface area (Å²) in [5.74, 6) is 0.529. The Balaban J connectivity index is 2.33. The maximum absolute atomic E-state index is 14.0. The normalized spacial score (nSPS) is 12.0. The second kappa shape index (κ2) is 7.27. The molecule has 2 rings (SSSR count). The Morgan fingerprint density at radius 3 is 2.52 bits per heavy atom. The lowest BCUT2D eigenvalue weighted by Crippen LogP contribution is -2.12. The number of ether oxygens (including phenoxy) is 1. The van der Waals surface area contributed by atoms with Gasteiger partial charge in [-0.15, -0.1) is 0 Å². The van der Waals surface area contributed by atoms with Gasteiger partial charge in [-0.3, -0.25) is 0 Å². The molecule has 112 valence electrons. The van der Waals surface area contributed by atoms with E-state index < -0.39 is 0 Å². The molecule has 0 aliphatic heterocycles. The van der Waals surface area contributed by atoms with Crippen LogP contribution in [-0.4, -0.2) is 7.11 Å². The van der Waals surface area contributed by atoms with Crippen LogP contribution in [0, 0.1) is 5.82 Å². The van der Waals surface area contributed by atoms with Crippen molar-refractivity contribution < 1.29 is 9.13 Å². The highest BCUT2D eigenvalue weighted by molar-refractivity contribution is 9.11. The Labute approximate surface area is 141 Å². The van der Waals surface area contributed by atoms with Gasteiger partial charge in [0.1, 0.15) is 11.6 Å². The molecule has 1 N–H and O–H groups in total. The average Bonchev–Trinajstić information content (AvgIpc) is 2.47. The van der Waals surface area contributed by atoms with Crippen molar-refractivity contribution in [3.8, 4) is 5.75 Å². The molecule has 2 aromatic rings. The molecule has 0 saturated heterocycles. The molecule has 0 saturated carbocycles. The SMILES string of the molecule is CCC(Nc1cc(OC)c(Br)cc1Br)c1ccccc1F. The van der Waals surface area contributed by atoms with Gasteiger partial charge in [0, 0.05) is 16.1 Å². The summed E-state index contributed by atoms with van der Waals surface area (Å²) in [6.07, 6.45) is 0.770. The second-order valence-electron chi connectivity index (χ2n) is 4.59. The number of nitrogens with one attached hydrogen (secondary N) is 1. The quantitative estimate of drug-likeness (QED) is 0.652. The zero-order valence-electron chi connectivity index (χ0n) is 11.8. The van der Waals surface area contributed by atoms with E-state index in [1.54, 1.807) is 19.2 Å². The summed E-state index contributed by atoms with van der Waals surface area (Å²) in [6.45, 7) is 2.02. The van der Waals surface area contributed by atoms with Gasteiger partial charge >= 0.3 is 0 Å². The van der Waals surface area contributed by atoms with Gasteiger partial charge in [0.2, 0.25) is 0 Å². The number of hydrogen-bond acceptors (Lipinski definition) is 2. The minimum atomic E-state index is -0.197. The Kier molecular flexibility index (Phi) is 5.65. The Morgan fingerprint density at radius 1 is 1.19 bits per heavy atom. The first kappa shape index (κ1) is 16.3. The second-order valence-corrected chi connectivity index (χ2v) is 6.30. The third-order valence-electron chi connectivity index (χ3n) is 3.26. The van der Waals surface area contributed by atoms with Crippen molar-refractivity contribution in [3.63, 3.8) is 0 Å².